The number of rotatable bonds is 4. The third-order valence-electron chi connectivity index (χ3n) is 4.15. The zero-order chi connectivity index (χ0) is 14.8. The molecule has 2 aliphatic rings. The van der Waals surface area contributed by atoms with Crippen LogP contribution in [-0.4, -0.2) is 41.5 Å². The van der Waals surface area contributed by atoms with Gasteiger partial charge in [0.1, 0.15) is 5.60 Å². The fraction of sp³-hybridized carbons (Fsp3) is 0.933. The Hall–Kier alpha value is -0.810. The standard InChI is InChI=1S/C15H28N2O3/c1-15(2,3)20-14(19)17-12-7-11(8-12)16-9-10-5-4-6-13(10)18/h10-13,16,18H,4-9H2,1-3H3,(H,17,19). The molecule has 20 heavy (non-hydrogen) atoms. The molecule has 0 aliphatic heterocycles. The van der Waals surface area contributed by atoms with Gasteiger partial charge in [0, 0.05) is 18.6 Å². The number of carbonyl (C=O) groups excluding carboxylic acids is 1. The van der Waals surface area contributed by atoms with Gasteiger partial charge in [0.15, 0.2) is 0 Å². The smallest absolute Gasteiger partial charge is 0.407 e. The van der Waals surface area contributed by atoms with E-state index in [4.69, 9.17) is 4.74 Å². The van der Waals surface area contributed by atoms with Crippen molar-refractivity contribution in [2.24, 2.45) is 5.92 Å². The SMILES string of the molecule is CC(C)(C)OC(=O)NC1CC(NCC2CCCC2O)C1. The van der Waals surface area contributed by atoms with Crippen LogP contribution in [0, 0.1) is 5.92 Å². The number of carbonyl (C=O) groups is 1. The lowest BCUT2D eigenvalue weighted by molar-refractivity contribution is 0.0463. The van der Waals surface area contributed by atoms with Gasteiger partial charge in [-0.1, -0.05) is 6.42 Å². The summed E-state index contributed by atoms with van der Waals surface area (Å²) in [5.41, 5.74) is -0.440. The minimum absolute atomic E-state index is 0.127. The minimum atomic E-state index is -0.440. The predicted molar refractivity (Wildman–Crippen MR) is 77.5 cm³/mol. The van der Waals surface area contributed by atoms with E-state index in [0.29, 0.717) is 12.0 Å². The molecule has 1 amide bonds. The second-order valence-corrected chi connectivity index (χ2v) is 7.18. The van der Waals surface area contributed by atoms with Crippen LogP contribution in [0.4, 0.5) is 4.79 Å². The molecule has 2 fully saturated rings. The number of hydrogen-bond acceptors (Lipinski definition) is 4. The van der Waals surface area contributed by atoms with Gasteiger partial charge in [-0.05, 0) is 52.4 Å². The third kappa shape index (κ3) is 4.63. The highest BCUT2D eigenvalue weighted by molar-refractivity contribution is 5.68. The van der Waals surface area contributed by atoms with Crippen molar-refractivity contribution in [3.63, 3.8) is 0 Å². The Kier molecular flexibility index (Phi) is 4.91. The summed E-state index contributed by atoms with van der Waals surface area (Å²) in [5, 5.41) is 16.1. The minimum Gasteiger partial charge on any atom is -0.444 e. The van der Waals surface area contributed by atoms with Gasteiger partial charge in [-0.3, -0.25) is 0 Å². The number of ether oxygens (including phenoxy) is 1. The van der Waals surface area contributed by atoms with Crippen LogP contribution in [0.15, 0.2) is 0 Å². The fourth-order valence-electron chi connectivity index (χ4n) is 2.95. The van der Waals surface area contributed by atoms with E-state index in [9.17, 15) is 9.90 Å². The van der Waals surface area contributed by atoms with Crippen molar-refractivity contribution in [3.8, 4) is 0 Å². The Balaban J connectivity index is 1.57. The van der Waals surface area contributed by atoms with Gasteiger partial charge < -0.3 is 20.5 Å². The monoisotopic (exact) mass is 284 g/mol. The van der Waals surface area contributed by atoms with E-state index in [1.165, 1.54) is 0 Å². The van der Waals surface area contributed by atoms with Crippen molar-refractivity contribution in [1.82, 2.24) is 10.6 Å². The summed E-state index contributed by atoms with van der Waals surface area (Å²) in [7, 11) is 0. The average Bonchev–Trinajstić information content (AvgIpc) is 2.64. The van der Waals surface area contributed by atoms with E-state index in [1.54, 1.807) is 0 Å². The molecule has 0 aromatic rings. The molecule has 116 valence electrons. The molecule has 2 atom stereocenters. The summed E-state index contributed by atoms with van der Waals surface area (Å²) in [4.78, 5) is 11.6. The van der Waals surface area contributed by atoms with E-state index < -0.39 is 5.60 Å². The highest BCUT2D eigenvalue weighted by Gasteiger charge is 2.33. The first-order valence-corrected chi connectivity index (χ1v) is 7.74. The fourth-order valence-corrected chi connectivity index (χ4v) is 2.95. The van der Waals surface area contributed by atoms with Gasteiger partial charge in [-0.25, -0.2) is 4.79 Å². The van der Waals surface area contributed by atoms with E-state index >= 15 is 0 Å². The lowest BCUT2D eigenvalue weighted by Crippen LogP contribution is -2.54. The molecule has 0 heterocycles. The Morgan fingerprint density at radius 2 is 1.95 bits per heavy atom. The molecule has 3 N–H and O–H groups in total. The van der Waals surface area contributed by atoms with Crippen LogP contribution in [0.1, 0.15) is 52.9 Å². The number of hydrogen-bond donors (Lipinski definition) is 3. The maximum atomic E-state index is 11.6. The van der Waals surface area contributed by atoms with Crippen molar-refractivity contribution >= 4 is 6.09 Å². The van der Waals surface area contributed by atoms with Gasteiger partial charge in [-0.15, -0.1) is 0 Å². The Bertz CT molecular complexity index is 335. The molecular weight excluding hydrogens is 256 g/mol. The second kappa shape index (κ2) is 6.31. The number of amides is 1. The summed E-state index contributed by atoms with van der Waals surface area (Å²) in [5.74, 6) is 0.410. The summed E-state index contributed by atoms with van der Waals surface area (Å²) in [6, 6.07) is 0.679. The Morgan fingerprint density at radius 3 is 2.50 bits per heavy atom. The molecule has 0 spiro atoms. The quantitative estimate of drug-likeness (QED) is 0.736. The van der Waals surface area contributed by atoms with E-state index in [2.05, 4.69) is 10.6 Å². The molecule has 5 nitrogen and oxygen atoms in total. The summed E-state index contributed by atoms with van der Waals surface area (Å²) < 4.78 is 5.23. The van der Waals surface area contributed by atoms with Gasteiger partial charge in [-0.2, -0.15) is 0 Å². The maximum Gasteiger partial charge on any atom is 0.407 e. The molecule has 0 bridgehead atoms. The molecule has 0 aromatic heterocycles. The first-order valence-electron chi connectivity index (χ1n) is 7.74. The molecule has 0 radical (unpaired) electrons. The topological polar surface area (TPSA) is 70.6 Å². The second-order valence-electron chi connectivity index (χ2n) is 7.18. The maximum absolute atomic E-state index is 11.6. The van der Waals surface area contributed by atoms with Gasteiger partial charge in [0.05, 0.1) is 6.10 Å². The average molecular weight is 284 g/mol. The van der Waals surface area contributed by atoms with Crippen LogP contribution in [0.5, 0.6) is 0 Å². The van der Waals surface area contributed by atoms with Crippen molar-refractivity contribution in [3.05, 3.63) is 0 Å². The molecule has 2 aliphatic carbocycles. The Labute approximate surface area is 121 Å². The largest absolute Gasteiger partial charge is 0.444 e. The zero-order valence-electron chi connectivity index (χ0n) is 12.8. The van der Waals surface area contributed by atoms with Crippen molar-refractivity contribution in [2.45, 2.75) is 76.7 Å². The van der Waals surface area contributed by atoms with Crippen LogP contribution in [-0.2, 0) is 4.74 Å². The Morgan fingerprint density at radius 1 is 1.25 bits per heavy atom. The normalized spacial score (nSPS) is 33.6. The van der Waals surface area contributed by atoms with E-state index in [1.807, 2.05) is 20.8 Å². The van der Waals surface area contributed by atoms with Gasteiger partial charge in [0.25, 0.3) is 0 Å². The lowest BCUT2D eigenvalue weighted by atomic mass is 9.86. The molecule has 2 rings (SSSR count). The van der Waals surface area contributed by atoms with Crippen molar-refractivity contribution in [1.29, 1.82) is 0 Å². The molecule has 2 saturated carbocycles. The van der Waals surface area contributed by atoms with Crippen LogP contribution in [0.3, 0.4) is 0 Å². The van der Waals surface area contributed by atoms with Crippen LogP contribution in [0.25, 0.3) is 0 Å². The molecule has 5 heteroatoms. The van der Waals surface area contributed by atoms with Crippen LogP contribution < -0.4 is 10.6 Å². The molecule has 2 unspecified atom stereocenters. The summed E-state index contributed by atoms with van der Waals surface area (Å²) in [6.07, 6.45) is 4.65. The summed E-state index contributed by atoms with van der Waals surface area (Å²) in [6.45, 7) is 6.49. The first-order chi connectivity index (χ1) is 9.33. The van der Waals surface area contributed by atoms with Crippen molar-refractivity contribution in [2.75, 3.05) is 6.54 Å². The predicted octanol–water partition coefficient (Wildman–Crippen LogP) is 1.79. The van der Waals surface area contributed by atoms with Crippen LogP contribution >= 0.6 is 0 Å². The van der Waals surface area contributed by atoms with Crippen LogP contribution in [0.2, 0.25) is 0 Å². The highest BCUT2D eigenvalue weighted by Crippen LogP contribution is 2.26. The highest BCUT2D eigenvalue weighted by atomic mass is 16.6. The molecule has 0 saturated heterocycles. The van der Waals surface area contributed by atoms with E-state index in [0.717, 1.165) is 38.6 Å². The third-order valence-corrected chi connectivity index (χ3v) is 4.15. The van der Waals surface area contributed by atoms with Gasteiger partial charge >= 0.3 is 6.09 Å². The first kappa shape index (κ1) is 15.6. The van der Waals surface area contributed by atoms with Gasteiger partial charge in [0.2, 0.25) is 0 Å². The number of aliphatic hydroxyl groups is 1. The number of aliphatic hydroxyl groups excluding tert-OH is 1. The van der Waals surface area contributed by atoms with Crippen molar-refractivity contribution < 1.29 is 14.6 Å². The lowest BCUT2D eigenvalue weighted by Gasteiger charge is -2.37. The number of alkyl carbamates (subject to hydrolysis) is 1. The molecule has 0 aromatic carbocycles. The van der Waals surface area contributed by atoms with E-state index in [-0.39, 0.29) is 18.2 Å². The summed E-state index contributed by atoms with van der Waals surface area (Å²) >= 11 is 0. The molecular formula is C15H28N2O3. The number of nitrogens with one attached hydrogen (secondary N) is 2. The zero-order valence-corrected chi connectivity index (χ0v) is 12.8.